The van der Waals surface area contributed by atoms with Crippen LogP contribution < -0.4 is 23.7 Å². The van der Waals surface area contributed by atoms with Gasteiger partial charge in [0.2, 0.25) is 6.79 Å². The van der Waals surface area contributed by atoms with E-state index in [1.54, 1.807) is 44.6 Å². The van der Waals surface area contributed by atoms with Crippen LogP contribution in [0.15, 0.2) is 34.8 Å². The van der Waals surface area contributed by atoms with Crippen LogP contribution in [0.2, 0.25) is 0 Å². The maximum atomic E-state index is 12.2. The monoisotopic (exact) mass is 394 g/mol. The third-order valence-electron chi connectivity index (χ3n) is 3.46. The van der Waals surface area contributed by atoms with Crippen LogP contribution in [0.3, 0.4) is 0 Å². The lowest BCUT2D eigenvalue weighted by molar-refractivity contribution is -0.133. The van der Waals surface area contributed by atoms with Crippen LogP contribution in [0.4, 0.5) is 0 Å². The Labute approximate surface area is 147 Å². The van der Waals surface area contributed by atoms with Crippen molar-refractivity contribution >= 4 is 21.9 Å². The maximum Gasteiger partial charge on any atom is 0.315 e. The molecule has 0 spiro atoms. The molecule has 0 N–H and O–H groups in total. The van der Waals surface area contributed by atoms with Crippen molar-refractivity contribution in [3.8, 4) is 28.7 Å². The van der Waals surface area contributed by atoms with Crippen molar-refractivity contribution in [2.45, 2.75) is 6.42 Å². The van der Waals surface area contributed by atoms with Crippen molar-refractivity contribution in [3.63, 3.8) is 0 Å². The average Bonchev–Trinajstić information content (AvgIpc) is 3.03. The largest absolute Gasteiger partial charge is 0.493 e. The predicted octanol–water partition coefficient (Wildman–Crippen LogP) is 3.34. The molecule has 2 aromatic rings. The molecular weight excluding hydrogens is 380 g/mol. The molecule has 0 aromatic heterocycles. The first-order valence-electron chi connectivity index (χ1n) is 7.11. The van der Waals surface area contributed by atoms with Crippen molar-refractivity contribution in [1.29, 1.82) is 0 Å². The Balaban J connectivity index is 1.73. The summed E-state index contributed by atoms with van der Waals surface area (Å²) in [6.45, 7) is 0.172. The molecular formula is C17H15BrO6. The molecule has 0 unspecified atom stereocenters. The lowest BCUT2D eigenvalue weighted by Crippen LogP contribution is -2.12. The van der Waals surface area contributed by atoms with Crippen molar-refractivity contribution < 1.29 is 28.5 Å². The molecule has 0 atom stereocenters. The fourth-order valence-corrected chi connectivity index (χ4v) is 2.76. The molecule has 24 heavy (non-hydrogen) atoms. The van der Waals surface area contributed by atoms with Gasteiger partial charge in [-0.1, -0.05) is 15.9 Å². The van der Waals surface area contributed by atoms with Gasteiger partial charge in [-0.15, -0.1) is 0 Å². The fraction of sp³-hybridized carbons (Fsp3) is 0.235. The summed E-state index contributed by atoms with van der Waals surface area (Å²) in [5.41, 5.74) is 0.735. The quantitative estimate of drug-likeness (QED) is 0.572. The zero-order chi connectivity index (χ0) is 17.1. The summed E-state index contributed by atoms with van der Waals surface area (Å²) in [5, 5.41) is 0. The number of ether oxygens (including phenoxy) is 5. The van der Waals surface area contributed by atoms with Crippen molar-refractivity contribution in [2.75, 3.05) is 21.0 Å². The number of halogens is 1. The van der Waals surface area contributed by atoms with Crippen LogP contribution in [-0.2, 0) is 11.2 Å². The molecule has 3 rings (SSSR count). The summed E-state index contributed by atoms with van der Waals surface area (Å²) in [4.78, 5) is 12.2. The number of fused-ring (bicyclic) bond motifs is 1. The molecule has 0 saturated heterocycles. The highest BCUT2D eigenvalue weighted by Gasteiger charge is 2.17. The first kappa shape index (κ1) is 16.4. The SMILES string of the molecule is COc1cc(Br)c(CC(=O)Oc2ccc3c(c2)OCO3)cc1OC. The zero-order valence-electron chi connectivity index (χ0n) is 13.1. The molecule has 1 aliphatic rings. The van der Waals surface area contributed by atoms with Crippen LogP contribution in [0, 0.1) is 0 Å². The van der Waals surface area contributed by atoms with E-state index in [9.17, 15) is 4.79 Å². The Bertz CT molecular complexity index is 774. The van der Waals surface area contributed by atoms with Crippen LogP contribution in [-0.4, -0.2) is 27.0 Å². The minimum absolute atomic E-state index is 0.0787. The van der Waals surface area contributed by atoms with E-state index in [2.05, 4.69) is 15.9 Å². The second-order valence-electron chi connectivity index (χ2n) is 4.96. The van der Waals surface area contributed by atoms with Crippen molar-refractivity contribution in [2.24, 2.45) is 0 Å². The predicted molar refractivity (Wildman–Crippen MR) is 89.2 cm³/mol. The minimum Gasteiger partial charge on any atom is -0.493 e. The van der Waals surface area contributed by atoms with E-state index in [0.717, 1.165) is 10.0 Å². The number of methoxy groups -OCH3 is 2. The number of hydrogen-bond acceptors (Lipinski definition) is 6. The van der Waals surface area contributed by atoms with Gasteiger partial charge in [0.1, 0.15) is 5.75 Å². The Kier molecular flexibility index (Phi) is 4.80. The highest BCUT2D eigenvalue weighted by Crippen LogP contribution is 2.36. The molecule has 2 aromatic carbocycles. The Morgan fingerprint density at radius 1 is 1.08 bits per heavy atom. The average molecular weight is 395 g/mol. The van der Waals surface area contributed by atoms with Gasteiger partial charge in [-0.3, -0.25) is 4.79 Å². The van der Waals surface area contributed by atoms with E-state index in [1.165, 1.54) is 0 Å². The summed E-state index contributed by atoms with van der Waals surface area (Å²) in [7, 11) is 3.10. The summed E-state index contributed by atoms with van der Waals surface area (Å²) < 4.78 is 27.1. The molecule has 0 aliphatic carbocycles. The van der Waals surface area contributed by atoms with Gasteiger partial charge in [-0.2, -0.15) is 0 Å². The Morgan fingerprint density at radius 3 is 2.54 bits per heavy atom. The molecule has 0 radical (unpaired) electrons. The van der Waals surface area contributed by atoms with Gasteiger partial charge in [0.05, 0.1) is 20.6 Å². The molecule has 0 amide bonds. The van der Waals surface area contributed by atoms with E-state index in [-0.39, 0.29) is 13.2 Å². The topological polar surface area (TPSA) is 63.2 Å². The lowest BCUT2D eigenvalue weighted by Gasteiger charge is -2.12. The molecule has 0 saturated carbocycles. The number of esters is 1. The van der Waals surface area contributed by atoms with Crippen molar-refractivity contribution in [3.05, 3.63) is 40.4 Å². The molecule has 0 bridgehead atoms. The van der Waals surface area contributed by atoms with E-state index in [4.69, 9.17) is 23.7 Å². The molecule has 126 valence electrons. The maximum absolute atomic E-state index is 12.2. The number of benzene rings is 2. The molecule has 6 nitrogen and oxygen atoms in total. The van der Waals surface area contributed by atoms with Crippen LogP contribution in [0.25, 0.3) is 0 Å². The van der Waals surface area contributed by atoms with Gasteiger partial charge in [0.15, 0.2) is 23.0 Å². The van der Waals surface area contributed by atoms with E-state index in [0.29, 0.717) is 28.7 Å². The zero-order valence-corrected chi connectivity index (χ0v) is 14.7. The number of carbonyl (C=O) groups is 1. The summed E-state index contributed by atoms with van der Waals surface area (Å²) in [5.74, 6) is 2.33. The van der Waals surface area contributed by atoms with Gasteiger partial charge in [0, 0.05) is 10.5 Å². The van der Waals surface area contributed by atoms with Crippen LogP contribution in [0.5, 0.6) is 28.7 Å². The molecule has 1 heterocycles. The van der Waals surface area contributed by atoms with Gasteiger partial charge < -0.3 is 23.7 Å². The van der Waals surface area contributed by atoms with Crippen LogP contribution >= 0.6 is 15.9 Å². The Hall–Kier alpha value is -2.41. The third kappa shape index (κ3) is 3.41. The molecule has 0 fully saturated rings. The second-order valence-corrected chi connectivity index (χ2v) is 5.82. The van der Waals surface area contributed by atoms with E-state index < -0.39 is 5.97 Å². The second kappa shape index (κ2) is 7.00. The normalized spacial score (nSPS) is 12.0. The number of rotatable bonds is 5. The number of hydrogen-bond donors (Lipinski definition) is 0. The van der Waals surface area contributed by atoms with E-state index >= 15 is 0 Å². The third-order valence-corrected chi connectivity index (χ3v) is 4.20. The molecule has 7 heteroatoms. The number of carbonyl (C=O) groups excluding carboxylic acids is 1. The van der Waals surface area contributed by atoms with E-state index in [1.807, 2.05) is 0 Å². The van der Waals surface area contributed by atoms with Gasteiger partial charge >= 0.3 is 5.97 Å². The minimum atomic E-state index is -0.401. The smallest absolute Gasteiger partial charge is 0.315 e. The standard InChI is InChI=1S/C17H15BrO6/c1-20-14-5-10(12(18)8-15(14)21-2)6-17(19)24-11-3-4-13-16(7-11)23-9-22-13/h3-5,7-8H,6,9H2,1-2H3. The van der Waals surface area contributed by atoms with Gasteiger partial charge in [0.25, 0.3) is 0 Å². The summed E-state index contributed by atoms with van der Waals surface area (Å²) in [6.07, 6.45) is 0.0787. The van der Waals surface area contributed by atoms with Crippen molar-refractivity contribution in [1.82, 2.24) is 0 Å². The highest BCUT2D eigenvalue weighted by atomic mass is 79.9. The van der Waals surface area contributed by atoms with Gasteiger partial charge in [-0.05, 0) is 29.8 Å². The first-order chi connectivity index (χ1) is 11.6. The molecule has 1 aliphatic heterocycles. The Morgan fingerprint density at radius 2 is 1.79 bits per heavy atom. The summed E-state index contributed by atoms with van der Waals surface area (Å²) >= 11 is 3.43. The summed E-state index contributed by atoms with van der Waals surface area (Å²) in [6, 6.07) is 8.49. The van der Waals surface area contributed by atoms with Crippen LogP contribution in [0.1, 0.15) is 5.56 Å². The fourth-order valence-electron chi connectivity index (χ4n) is 2.30. The lowest BCUT2D eigenvalue weighted by atomic mass is 10.1. The highest BCUT2D eigenvalue weighted by molar-refractivity contribution is 9.10. The first-order valence-corrected chi connectivity index (χ1v) is 7.90. The van der Waals surface area contributed by atoms with Gasteiger partial charge in [-0.25, -0.2) is 0 Å².